The van der Waals surface area contributed by atoms with Gasteiger partial charge in [-0.3, -0.25) is 9.59 Å². The molecular formula is C27H25NO4. The Labute approximate surface area is 186 Å². The van der Waals surface area contributed by atoms with E-state index in [-0.39, 0.29) is 11.3 Å². The van der Waals surface area contributed by atoms with Gasteiger partial charge in [-0.1, -0.05) is 60.7 Å². The summed E-state index contributed by atoms with van der Waals surface area (Å²) in [6, 6.07) is 24.3. The van der Waals surface area contributed by atoms with Crippen molar-refractivity contribution in [3.8, 4) is 16.9 Å². The van der Waals surface area contributed by atoms with Gasteiger partial charge in [0.2, 0.25) is 5.43 Å². The number of ether oxygens (including phenoxy) is 1. The number of nitrogens with zero attached hydrogens (tertiary/aromatic N) is 1. The maximum absolute atomic E-state index is 13.1. The van der Waals surface area contributed by atoms with Crippen LogP contribution in [0.5, 0.6) is 5.75 Å². The summed E-state index contributed by atoms with van der Waals surface area (Å²) in [7, 11) is 1.75. The highest BCUT2D eigenvalue weighted by Gasteiger charge is 2.20. The molecule has 0 fully saturated rings. The zero-order chi connectivity index (χ0) is 22.7. The van der Waals surface area contributed by atoms with Crippen molar-refractivity contribution in [2.24, 2.45) is 0 Å². The molecule has 32 heavy (non-hydrogen) atoms. The van der Waals surface area contributed by atoms with Gasteiger partial charge in [0, 0.05) is 19.7 Å². The van der Waals surface area contributed by atoms with Crippen molar-refractivity contribution in [2.75, 3.05) is 7.05 Å². The summed E-state index contributed by atoms with van der Waals surface area (Å²) in [5.41, 5.74) is 2.77. The van der Waals surface area contributed by atoms with Crippen LogP contribution in [-0.4, -0.2) is 24.0 Å². The maximum atomic E-state index is 13.1. The van der Waals surface area contributed by atoms with Gasteiger partial charge in [-0.05, 0) is 37.1 Å². The summed E-state index contributed by atoms with van der Waals surface area (Å²) in [5, 5.41) is 0.474. The molecule has 0 aliphatic carbocycles. The standard InChI is InChI=1S/C27H25NO4/c1-18-25(21-12-8-5-9-13-21)26(29)23-15-14-22(16-24(23)32-18)31-19(2)27(30)28(3)17-20-10-6-4-7-11-20/h4-16,19H,17H2,1-3H3/t19-/m0/s1. The Hall–Kier alpha value is -3.86. The van der Waals surface area contributed by atoms with Crippen LogP contribution in [0.2, 0.25) is 0 Å². The van der Waals surface area contributed by atoms with Crippen molar-refractivity contribution in [3.63, 3.8) is 0 Å². The predicted octanol–water partition coefficient (Wildman–Crippen LogP) is 5.19. The summed E-state index contributed by atoms with van der Waals surface area (Å²) >= 11 is 0. The highest BCUT2D eigenvalue weighted by atomic mass is 16.5. The van der Waals surface area contributed by atoms with Crippen LogP contribution in [0.15, 0.2) is 88.1 Å². The third-order valence-corrected chi connectivity index (χ3v) is 5.40. The SMILES string of the molecule is Cc1oc2cc(O[C@@H](C)C(=O)N(C)Cc3ccccc3)ccc2c(=O)c1-c1ccccc1. The molecule has 0 aliphatic heterocycles. The van der Waals surface area contributed by atoms with Gasteiger partial charge in [-0.25, -0.2) is 0 Å². The van der Waals surface area contributed by atoms with Crippen molar-refractivity contribution in [2.45, 2.75) is 26.5 Å². The number of rotatable bonds is 6. The molecule has 3 aromatic carbocycles. The molecule has 162 valence electrons. The van der Waals surface area contributed by atoms with Gasteiger partial charge in [-0.15, -0.1) is 0 Å². The van der Waals surface area contributed by atoms with E-state index in [0.29, 0.717) is 34.6 Å². The van der Waals surface area contributed by atoms with E-state index in [0.717, 1.165) is 11.1 Å². The fourth-order valence-corrected chi connectivity index (χ4v) is 3.80. The maximum Gasteiger partial charge on any atom is 0.263 e. The first kappa shape index (κ1) is 21.4. The van der Waals surface area contributed by atoms with Crippen molar-refractivity contribution >= 4 is 16.9 Å². The molecule has 0 saturated carbocycles. The van der Waals surface area contributed by atoms with Crippen molar-refractivity contribution < 1.29 is 13.9 Å². The lowest BCUT2D eigenvalue weighted by molar-refractivity contribution is -0.137. The number of hydrogen-bond donors (Lipinski definition) is 0. The molecule has 4 aromatic rings. The molecule has 1 atom stereocenters. The Bertz CT molecular complexity index is 1300. The molecule has 1 heterocycles. The van der Waals surface area contributed by atoms with E-state index >= 15 is 0 Å². The van der Waals surface area contributed by atoms with Crippen LogP contribution in [0.25, 0.3) is 22.1 Å². The summed E-state index contributed by atoms with van der Waals surface area (Å²) in [4.78, 5) is 27.5. The smallest absolute Gasteiger partial charge is 0.263 e. The second-order valence-electron chi connectivity index (χ2n) is 7.83. The largest absolute Gasteiger partial charge is 0.481 e. The highest BCUT2D eigenvalue weighted by Crippen LogP contribution is 2.26. The zero-order valence-electron chi connectivity index (χ0n) is 18.4. The lowest BCUT2D eigenvalue weighted by Gasteiger charge is -2.22. The number of amides is 1. The van der Waals surface area contributed by atoms with Gasteiger partial charge in [0.25, 0.3) is 5.91 Å². The van der Waals surface area contributed by atoms with Crippen LogP contribution >= 0.6 is 0 Å². The fourth-order valence-electron chi connectivity index (χ4n) is 3.80. The molecule has 0 radical (unpaired) electrons. The normalized spacial score (nSPS) is 11.8. The van der Waals surface area contributed by atoms with E-state index in [4.69, 9.17) is 9.15 Å². The van der Waals surface area contributed by atoms with Crippen molar-refractivity contribution in [3.05, 3.63) is 100 Å². The molecule has 0 bridgehead atoms. The molecular weight excluding hydrogens is 402 g/mol. The lowest BCUT2D eigenvalue weighted by Crippen LogP contribution is -2.37. The van der Waals surface area contributed by atoms with E-state index in [2.05, 4.69) is 0 Å². The van der Waals surface area contributed by atoms with Gasteiger partial charge < -0.3 is 14.1 Å². The van der Waals surface area contributed by atoms with Gasteiger partial charge in [0.15, 0.2) is 6.10 Å². The van der Waals surface area contributed by atoms with Crippen LogP contribution < -0.4 is 10.2 Å². The first-order chi connectivity index (χ1) is 15.4. The van der Waals surface area contributed by atoms with Crippen molar-refractivity contribution in [1.82, 2.24) is 4.90 Å². The summed E-state index contributed by atoms with van der Waals surface area (Å²) < 4.78 is 11.8. The van der Waals surface area contributed by atoms with E-state index < -0.39 is 6.10 Å². The van der Waals surface area contributed by atoms with Crippen LogP contribution in [0.3, 0.4) is 0 Å². The van der Waals surface area contributed by atoms with Gasteiger partial charge in [-0.2, -0.15) is 0 Å². The lowest BCUT2D eigenvalue weighted by atomic mass is 10.0. The number of carbonyl (C=O) groups excluding carboxylic acids is 1. The first-order valence-corrected chi connectivity index (χ1v) is 10.5. The molecule has 0 N–H and O–H groups in total. The molecule has 0 spiro atoms. The Morgan fingerprint density at radius 3 is 2.34 bits per heavy atom. The van der Waals surface area contributed by atoms with E-state index in [1.54, 1.807) is 44.0 Å². The Morgan fingerprint density at radius 2 is 1.66 bits per heavy atom. The molecule has 0 unspecified atom stereocenters. The second-order valence-corrected chi connectivity index (χ2v) is 7.83. The number of aryl methyl sites for hydroxylation is 1. The molecule has 5 heteroatoms. The third kappa shape index (κ3) is 4.42. The van der Waals surface area contributed by atoms with E-state index in [9.17, 15) is 9.59 Å². The minimum absolute atomic E-state index is 0.0896. The Kier molecular flexibility index (Phi) is 6.08. The molecule has 0 saturated heterocycles. The average Bonchev–Trinajstić information content (AvgIpc) is 2.79. The monoisotopic (exact) mass is 427 g/mol. The molecule has 0 aliphatic rings. The topological polar surface area (TPSA) is 59.8 Å². The molecule has 1 amide bonds. The molecule has 4 rings (SSSR count). The number of likely N-dealkylation sites (N-methyl/N-ethyl adjacent to an activating group) is 1. The van der Waals surface area contributed by atoms with E-state index in [1.807, 2.05) is 60.7 Å². The zero-order valence-corrected chi connectivity index (χ0v) is 18.4. The Balaban J connectivity index is 1.55. The van der Waals surface area contributed by atoms with Crippen LogP contribution in [0.1, 0.15) is 18.2 Å². The third-order valence-electron chi connectivity index (χ3n) is 5.40. The number of fused-ring (bicyclic) bond motifs is 1. The van der Waals surface area contributed by atoms with Gasteiger partial charge in [0.05, 0.1) is 10.9 Å². The van der Waals surface area contributed by atoms with Crippen molar-refractivity contribution in [1.29, 1.82) is 0 Å². The van der Waals surface area contributed by atoms with Gasteiger partial charge >= 0.3 is 0 Å². The van der Waals surface area contributed by atoms with Crippen LogP contribution in [-0.2, 0) is 11.3 Å². The molecule has 5 nitrogen and oxygen atoms in total. The summed E-state index contributed by atoms with van der Waals surface area (Å²) in [5.74, 6) is 0.880. The minimum atomic E-state index is -0.683. The molecule has 1 aromatic heterocycles. The predicted molar refractivity (Wildman–Crippen MR) is 126 cm³/mol. The fraction of sp³-hybridized carbons (Fsp3) is 0.185. The first-order valence-electron chi connectivity index (χ1n) is 10.5. The quantitative estimate of drug-likeness (QED) is 0.425. The minimum Gasteiger partial charge on any atom is -0.481 e. The van der Waals surface area contributed by atoms with Gasteiger partial charge in [0.1, 0.15) is 17.1 Å². The van der Waals surface area contributed by atoms with E-state index in [1.165, 1.54) is 0 Å². The second kappa shape index (κ2) is 9.10. The summed E-state index contributed by atoms with van der Waals surface area (Å²) in [6.07, 6.45) is -0.683. The van der Waals surface area contributed by atoms with Crippen LogP contribution in [0, 0.1) is 6.92 Å². The number of hydrogen-bond acceptors (Lipinski definition) is 4. The summed E-state index contributed by atoms with van der Waals surface area (Å²) in [6.45, 7) is 4.00. The Morgan fingerprint density at radius 1 is 1.00 bits per heavy atom. The highest BCUT2D eigenvalue weighted by molar-refractivity contribution is 5.84. The number of carbonyl (C=O) groups is 1. The van der Waals surface area contributed by atoms with Crippen LogP contribution in [0.4, 0.5) is 0 Å². The average molecular weight is 428 g/mol. The number of benzene rings is 3.